The second-order valence-electron chi connectivity index (χ2n) is 15.1. The average Bonchev–Trinajstić information content (AvgIpc) is 3.60. The summed E-state index contributed by atoms with van der Waals surface area (Å²) in [6, 6.07) is 84.9. The minimum absolute atomic E-state index is 0.392. The van der Waals surface area contributed by atoms with Crippen molar-refractivity contribution in [1.82, 2.24) is 0 Å². The molecule has 0 saturated heterocycles. The number of rotatable bonds is 6. The van der Waals surface area contributed by atoms with Crippen molar-refractivity contribution in [2.24, 2.45) is 0 Å². The molecule has 11 rings (SSSR count). The van der Waals surface area contributed by atoms with Crippen molar-refractivity contribution < 1.29 is 0 Å². The minimum atomic E-state index is -0.392. The maximum atomic E-state index is 2.40. The predicted octanol–water partition coefficient (Wildman–Crippen LogP) is 15.0. The SMILES string of the molecule is c1ccc(-c2c3ccccc3c(-c3ccccc3)c3cc(-c4ccc(-c5ccc(C6(c7ccccc7)c7ccccc7-c7ccccc76)cc5)cc4)ccc23)cc1. The highest BCUT2D eigenvalue weighted by Crippen LogP contribution is 2.56. The Morgan fingerprint density at radius 2 is 0.596 bits per heavy atom. The van der Waals surface area contributed by atoms with Crippen molar-refractivity contribution in [3.05, 3.63) is 253 Å². The number of benzene rings is 10. The molecule has 0 saturated carbocycles. The summed E-state index contributed by atoms with van der Waals surface area (Å²) in [5.74, 6) is 0. The molecule has 0 fully saturated rings. The molecule has 0 nitrogen and oxygen atoms in total. The van der Waals surface area contributed by atoms with Crippen LogP contribution in [0.1, 0.15) is 22.3 Å². The van der Waals surface area contributed by atoms with E-state index < -0.39 is 5.41 Å². The van der Waals surface area contributed by atoms with Crippen LogP contribution in [-0.4, -0.2) is 0 Å². The average molecular weight is 723 g/mol. The Morgan fingerprint density at radius 1 is 0.228 bits per heavy atom. The van der Waals surface area contributed by atoms with Crippen LogP contribution in [0.4, 0.5) is 0 Å². The largest absolute Gasteiger partial charge is 0.0713 e. The quantitative estimate of drug-likeness (QED) is 0.150. The molecule has 10 aromatic rings. The fourth-order valence-electron chi connectivity index (χ4n) is 9.67. The lowest BCUT2D eigenvalue weighted by atomic mass is 9.67. The predicted molar refractivity (Wildman–Crippen MR) is 241 cm³/mol. The summed E-state index contributed by atoms with van der Waals surface area (Å²) in [6.45, 7) is 0. The molecule has 266 valence electrons. The van der Waals surface area contributed by atoms with E-state index in [4.69, 9.17) is 0 Å². The molecule has 0 aromatic heterocycles. The van der Waals surface area contributed by atoms with E-state index in [2.05, 4.69) is 231 Å². The van der Waals surface area contributed by atoms with E-state index in [-0.39, 0.29) is 0 Å². The van der Waals surface area contributed by atoms with Gasteiger partial charge in [0, 0.05) is 0 Å². The van der Waals surface area contributed by atoms with Crippen molar-refractivity contribution in [3.8, 4) is 55.6 Å². The molecule has 0 bridgehead atoms. The van der Waals surface area contributed by atoms with Crippen molar-refractivity contribution in [3.63, 3.8) is 0 Å². The van der Waals surface area contributed by atoms with Crippen LogP contribution >= 0.6 is 0 Å². The minimum Gasteiger partial charge on any atom is -0.0622 e. The van der Waals surface area contributed by atoms with Gasteiger partial charge < -0.3 is 0 Å². The maximum absolute atomic E-state index is 2.40. The normalized spacial score (nSPS) is 12.7. The highest BCUT2D eigenvalue weighted by atomic mass is 14.5. The van der Waals surface area contributed by atoms with Crippen LogP contribution in [0.3, 0.4) is 0 Å². The number of hydrogen-bond acceptors (Lipinski definition) is 0. The molecule has 0 radical (unpaired) electrons. The van der Waals surface area contributed by atoms with Gasteiger partial charge in [-0.05, 0) is 105 Å². The smallest absolute Gasteiger partial charge is 0.0622 e. The zero-order valence-electron chi connectivity index (χ0n) is 31.4. The first kappa shape index (κ1) is 33.1. The summed E-state index contributed by atoms with van der Waals surface area (Å²) in [4.78, 5) is 0. The Kier molecular flexibility index (Phi) is 7.83. The van der Waals surface area contributed by atoms with E-state index in [9.17, 15) is 0 Å². The molecule has 10 aromatic carbocycles. The van der Waals surface area contributed by atoms with Crippen molar-refractivity contribution >= 4 is 21.5 Å². The molecule has 1 aliphatic carbocycles. The number of fused-ring (bicyclic) bond motifs is 5. The van der Waals surface area contributed by atoms with Gasteiger partial charge in [0.25, 0.3) is 0 Å². The van der Waals surface area contributed by atoms with Gasteiger partial charge in [0.05, 0.1) is 5.41 Å². The van der Waals surface area contributed by atoms with Crippen LogP contribution in [0.2, 0.25) is 0 Å². The summed E-state index contributed by atoms with van der Waals surface area (Å²) >= 11 is 0. The lowest BCUT2D eigenvalue weighted by Gasteiger charge is -2.34. The van der Waals surface area contributed by atoms with E-state index in [0.29, 0.717) is 0 Å². The van der Waals surface area contributed by atoms with Gasteiger partial charge >= 0.3 is 0 Å². The monoisotopic (exact) mass is 722 g/mol. The molecule has 0 spiro atoms. The molecule has 1 aliphatic rings. The van der Waals surface area contributed by atoms with Gasteiger partial charge in [-0.1, -0.05) is 224 Å². The lowest BCUT2D eigenvalue weighted by molar-refractivity contribution is 0.768. The second-order valence-corrected chi connectivity index (χ2v) is 15.1. The molecular formula is C57H38. The Labute approximate surface area is 334 Å². The Morgan fingerprint density at radius 3 is 1.14 bits per heavy atom. The molecule has 57 heavy (non-hydrogen) atoms. The summed E-state index contributed by atoms with van der Waals surface area (Å²) in [6.07, 6.45) is 0. The van der Waals surface area contributed by atoms with E-state index >= 15 is 0 Å². The summed E-state index contributed by atoms with van der Waals surface area (Å²) < 4.78 is 0. The van der Waals surface area contributed by atoms with Crippen LogP contribution in [-0.2, 0) is 5.41 Å². The van der Waals surface area contributed by atoms with E-state index in [0.717, 1.165) is 0 Å². The van der Waals surface area contributed by atoms with E-state index in [1.54, 1.807) is 0 Å². The van der Waals surface area contributed by atoms with E-state index in [1.165, 1.54) is 99.4 Å². The Balaban J connectivity index is 1.01. The fourth-order valence-corrected chi connectivity index (χ4v) is 9.67. The van der Waals surface area contributed by atoms with Crippen LogP contribution in [0, 0.1) is 0 Å². The molecule has 0 aliphatic heterocycles. The Bertz CT molecular complexity index is 3020. The first-order valence-electron chi connectivity index (χ1n) is 19.8. The molecule has 0 amide bonds. The first-order chi connectivity index (χ1) is 28.3. The van der Waals surface area contributed by atoms with Crippen LogP contribution in [0.25, 0.3) is 77.2 Å². The van der Waals surface area contributed by atoms with Gasteiger partial charge in [-0.15, -0.1) is 0 Å². The van der Waals surface area contributed by atoms with Crippen molar-refractivity contribution in [2.75, 3.05) is 0 Å². The summed E-state index contributed by atoms with van der Waals surface area (Å²) in [5, 5.41) is 5.07. The molecule has 0 atom stereocenters. The lowest BCUT2D eigenvalue weighted by Crippen LogP contribution is -2.28. The highest BCUT2D eigenvalue weighted by molar-refractivity contribution is 6.22. The van der Waals surface area contributed by atoms with Gasteiger partial charge in [-0.3, -0.25) is 0 Å². The Hall–Kier alpha value is -7.28. The van der Waals surface area contributed by atoms with Crippen LogP contribution < -0.4 is 0 Å². The highest BCUT2D eigenvalue weighted by Gasteiger charge is 2.45. The second kappa shape index (κ2) is 13.5. The third-order valence-electron chi connectivity index (χ3n) is 12.2. The summed E-state index contributed by atoms with van der Waals surface area (Å²) in [7, 11) is 0. The molecule has 0 heterocycles. The molecule has 0 N–H and O–H groups in total. The third kappa shape index (κ3) is 5.22. The fraction of sp³-hybridized carbons (Fsp3) is 0.0175. The van der Waals surface area contributed by atoms with Crippen LogP contribution in [0.5, 0.6) is 0 Å². The zero-order valence-corrected chi connectivity index (χ0v) is 31.4. The molecule has 0 heteroatoms. The van der Waals surface area contributed by atoms with Gasteiger partial charge in [0.1, 0.15) is 0 Å². The van der Waals surface area contributed by atoms with Crippen LogP contribution in [0.15, 0.2) is 231 Å². The molecular weight excluding hydrogens is 685 g/mol. The van der Waals surface area contributed by atoms with Crippen molar-refractivity contribution in [2.45, 2.75) is 5.41 Å². The van der Waals surface area contributed by atoms with Crippen molar-refractivity contribution in [1.29, 1.82) is 0 Å². The zero-order chi connectivity index (χ0) is 37.8. The van der Waals surface area contributed by atoms with Gasteiger partial charge in [-0.2, -0.15) is 0 Å². The summed E-state index contributed by atoms with van der Waals surface area (Å²) in [5.41, 5.74) is 17.3. The van der Waals surface area contributed by atoms with E-state index in [1.807, 2.05) is 0 Å². The third-order valence-corrected chi connectivity index (χ3v) is 12.2. The topological polar surface area (TPSA) is 0 Å². The molecule has 0 unspecified atom stereocenters. The van der Waals surface area contributed by atoms with Gasteiger partial charge in [-0.25, -0.2) is 0 Å². The van der Waals surface area contributed by atoms with Gasteiger partial charge in [0.15, 0.2) is 0 Å². The maximum Gasteiger partial charge on any atom is 0.0713 e. The first-order valence-corrected chi connectivity index (χ1v) is 19.8. The standard InChI is InChI=1S/C57H38/c1-4-16-42(17-5-1)55-49-24-10-11-25-50(49)56(43-18-6-2-7-19-43)52-38-44(34-37-51(52)55)41-30-28-39(29-31-41)40-32-35-46(36-33-40)57(45-20-8-3-9-21-45)53-26-14-12-22-47(53)48-23-13-15-27-54(48)57/h1-38H. The number of hydrogen-bond donors (Lipinski definition) is 0. The van der Waals surface area contributed by atoms with Gasteiger partial charge in [0.2, 0.25) is 0 Å².